The number of carbonyl (C=O) groups is 4. The lowest BCUT2D eigenvalue weighted by Crippen LogP contribution is -2.61. The van der Waals surface area contributed by atoms with Gasteiger partial charge in [0.05, 0.1) is 6.61 Å². The molecule has 1 heterocycles. The van der Waals surface area contributed by atoms with Crippen LogP contribution in [0.1, 0.15) is 316 Å². The number of carboxylic acid groups (broad SMARTS) is 1. The third-order valence-electron chi connectivity index (χ3n) is 16.0. The molecule has 0 bridgehead atoms. The second-order valence-electron chi connectivity index (χ2n) is 24.1. The van der Waals surface area contributed by atoms with Crippen LogP contribution in [0.4, 0.5) is 0 Å². The number of esters is 3. The zero-order valence-electron chi connectivity index (χ0n) is 55.5. The minimum atomic E-state index is -1.91. The number of hydrogen-bond donors (Lipinski definition) is 3. The standard InChI is InChI=1S/C75H128O12/c1-4-7-10-13-16-19-22-25-28-31-34-37-40-43-46-49-52-55-58-61-67(76)83-64-66(85-68(77)62-59-56-53-50-47-44-41-38-35-32-29-26-23-20-17-14-11-8-5-2)65-84-75-73(71(80)70(79)72(87-75)74(81)82)86-69(78)63-60-57-54-51-48-45-42-39-36-33-30-27-24-21-18-15-12-9-6-3/h7,10,16,18-19,21,25,27-28,30,34,37,43,46,66,70-73,75,79-80H,4-6,8-9,11-15,17,20,22-24,26,29,31-33,35-36,38-42,44-45,47-65H2,1-3H3,(H,81,82)/b10-7-,19-16-,21-18-,28-25-,30-27-,37-34-,46-43-. The van der Waals surface area contributed by atoms with Gasteiger partial charge in [-0.1, -0.05) is 286 Å². The van der Waals surface area contributed by atoms with E-state index in [4.69, 9.17) is 23.7 Å². The summed E-state index contributed by atoms with van der Waals surface area (Å²) in [5.41, 5.74) is 0. The molecule has 1 aliphatic rings. The van der Waals surface area contributed by atoms with E-state index in [0.717, 1.165) is 109 Å². The lowest BCUT2D eigenvalue weighted by molar-refractivity contribution is -0.301. The summed E-state index contributed by atoms with van der Waals surface area (Å²) in [6, 6.07) is 0. The third kappa shape index (κ3) is 51.4. The fourth-order valence-corrected chi connectivity index (χ4v) is 10.5. The molecule has 1 rings (SSSR count). The highest BCUT2D eigenvalue weighted by molar-refractivity contribution is 5.74. The molecule has 0 saturated carbocycles. The molecule has 1 saturated heterocycles. The number of rotatable bonds is 61. The van der Waals surface area contributed by atoms with Gasteiger partial charge in [-0.2, -0.15) is 0 Å². The van der Waals surface area contributed by atoms with Gasteiger partial charge in [-0.25, -0.2) is 4.79 Å². The summed E-state index contributed by atoms with van der Waals surface area (Å²) in [4.78, 5) is 51.5. The van der Waals surface area contributed by atoms with E-state index in [9.17, 15) is 34.5 Å². The average molecular weight is 1220 g/mol. The van der Waals surface area contributed by atoms with Crippen LogP contribution >= 0.6 is 0 Å². The molecule has 0 aromatic rings. The van der Waals surface area contributed by atoms with Gasteiger partial charge in [0.1, 0.15) is 18.8 Å². The fourth-order valence-electron chi connectivity index (χ4n) is 10.5. The highest BCUT2D eigenvalue weighted by Crippen LogP contribution is 2.27. The molecular formula is C75H128O12. The molecule has 6 atom stereocenters. The van der Waals surface area contributed by atoms with E-state index in [1.165, 1.54) is 148 Å². The Morgan fingerprint density at radius 1 is 0.391 bits per heavy atom. The minimum absolute atomic E-state index is 0.0512. The number of aliphatic hydroxyl groups is 2. The van der Waals surface area contributed by atoms with E-state index in [-0.39, 0.29) is 25.9 Å². The summed E-state index contributed by atoms with van der Waals surface area (Å²) in [5.74, 6) is -3.15. The third-order valence-corrected chi connectivity index (χ3v) is 16.0. The number of carbonyl (C=O) groups excluding carboxylic acids is 3. The van der Waals surface area contributed by atoms with Gasteiger partial charge in [0, 0.05) is 19.3 Å². The van der Waals surface area contributed by atoms with E-state index in [1.807, 2.05) is 0 Å². The molecule has 3 N–H and O–H groups in total. The van der Waals surface area contributed by atoms with Gasteiger partial charge in [-0.3, -0.25) is 14.4 Å². The Hall–Kier alpha value is -4.10. The van der Waals surface area contributed by atoms with Crippen LogP contribution in [0.15, 0.2) is 85.1 Å². The van der Waals surface area contributed by atoms with Gasteiger partial charge in [0.2, 0.25) is 0 Å². The maximum absolute atomic E-state index is 13.3. The van der Waals surface area contributed by atoms with Crippen LogP contribution in [-0.4, -0.2) is 89.2 Å². The Bertz CT molecular complexity index is 1830. The van der Waals surface area contributed by atoms with Gasteiger partial charge in [0.25, 0.3) is 0 Å². The van der Waals surface area contributed by atoms with Crippen molar-refractivity contribution in [3.63, 3.8) is 0 Å². The number of ether oxygens (including phenoxy) is 5. The van der Waals surface area contributed by atoms with Gasteiger partial charge >= 0.3 is 23.9 Å². The Morgan fingerprint density at radius 2 is 0.724 bits per heavy atom. The molecule has 0 aliphatic carbocycles. The highest BCUT2D eigenvalue weighted by atomic mass is 16.7. The maximum atomic E-state index is 13.3. The first kappa shape index (κ1) is 80.9. The molecule has 1 aliphatic heterocycles. The van der Waals surface area contributed by atoms with Crippen molar-refractivity contribution >= 4 is 23.9 Å². The Labute approximate surface area is 531 Å². The first-order valence-electron chi connectivity index (χ1n) is 35.6. The molecule has 0 aromatic carbocycles. The van der Waals surface area contributed by atoms with Crippen molar-refractivity contribution in [2.24, 2.45) is 0 Å². The van der Waals surface area contributed by atoms with Gasteiger partial charge < -0.3 is 39.0 Å². The topological polar surface area (TPSA) is 175 Å². The summed E-state index contributed by atoms with van der Waals surface area (Å²) < 4.78 is 28.6. The first-order chi connectivity index (χ1) is 42.6. The highest BCUT2D eigenvalue weighted by Gasteiger charge is 2.50. The summed E-state index contributed by atoms with van der Waals surface area (Å²) in [6.45, 7) is 5.89. The van der Waals surface area contributed by atoms with Crippen molar-refractivity contribution in [3.05, 3.63) is 85.1 Å². The Morgan fingerprint density at radius 3 is 1.14 bits per heavy atom. The van der Waals surface area contributed by atoms with Crippen LogP contribution in [0.25, 0.3) is 0 Å². The van der Waals surface area contributed by atoms with Gasteiger partial charge in [0.15, 0.2) is 24.6 Å². The van der Waals surface area contributed by atoms with Crippen molar-refractivity contribution in [1.29, 1.82) is 0 Å². The van der Waals surface area contributed by atoms with Crippen molar-refractivity contribution in [1.82, 2.24) is 0 Å². The zero-order chi connectivity index (χ0) is 63.1. The lowest BCUT2D eigenvalue weighted by Gasteiger charge is -2.40. The first-order valence-corrected chi connectivity index (χ1v) is 35.6. The molecule has 1 fully saturated rings. The van der Waals surface area contributed by atoms with Crippen LogP contribution < -0.4 is 0 Å². The average Bonchev–Trinajstić information content (AvgIpc) is 2.56. The predicted octanol–water partition coefficient (Wildman–Crippen LogP) is 19.8. The van der Waals surface area contributed by atoms with Crippen molar-refractivity contribution < 1.29 is 58.2 Å². The second kappa shape index (κ2) is 62.1. The number of allylic oxidation sites excluding steroid dienone is 14. The molecule has 6 unspecified atom stereocenters. The quantitative estimate of drug-likeness (QED) is 0.0228. The van der Waals surface area contributed by atoms with Gasteiger partial charge in [-0.15, -0.1) is 0 Å². The molecule has 0 aromatic heterocycles. The largest absolute Gasteiger partial charge is 0.479 e. The summed E-state index contributed by atoms with van der Waals surface area (Å²) in [6.07, 6.45) is 69.6. The number of aliphatic hydroxyl groups excluding tert-OH is 2. The van der Waals surface area contributed by atoms with E-state index in [0.29, 0.717) is 19.3 Å². The molecule has 12 nitrogen and oxygen atoms in total. The second-order valence-corrected chi connectivity index (χ2v) is 24.1. The van der Waals surface area contributed by atoms with Crippen molar-refractivity contribution in [2.75, 3.05) is 13.2 Å². The number of unbranched alkanes of at least 4 members (excludes halogenated alkanes) is 33. The van der Waals surface area contributed by atoms with Crippen molar-refractivity contribution in [2.45, 2.75) is 353 Å². The smallest absolute Gasteiger partial charge is 0.335 e. The monoisotopic (exact) mass is 1220 g/mol. The van der Waals surface area contributed by atoms with E-state index >= 15 is 0 Å². The van der Waals surface area contributed by atoms with Crippen LogP contribution in [0.5, 0.6) is 0 Å². The molecule has 0 amide bonds. The molecule has 0 radical (unpaired) electrons. The number of aliphatic carboxylic acids is 1. The Balaban J connectivity index is 2.65. The van der Waals surface area contributed by atoms with Crippen LogP contribution in [-0.2, 0) is 42.9 Å². The Kier molecular flexibility index (Phi) is 57.8. The summed E-state index contributed by atoms with van der Waals surface area (Å²) in [5, 5.41) is 31.7. The SMILES string of the molecule is CC/C=C\C/C=C\C/C=C\C/C=C\C/C=C\CCCCCC(=O)OCC(COC1OC(C(=O)O)C(O)C(O)C1OC(=O)CCCCCCCCCCC/C=C\C/C=C\CCCCC)OC(=O)CCCCCCCCCCCCCCCCCCCCC. The fraction of sp³-hybridized carbons (Fsp3) is 0.760. The lowest BCUT2D eigenvalue weighted by atomic mass is 9.98. The normalized spacial score (nSPS) is 17.8. The van der Waals surface area contributed by atoms with Crippen LogP contribution in [0.3, 0.4) is 0 Å². The number of hydrogen-bond acceptors (Lipinski definition) is 11. The van der Waals surface area contributed by atoms with Crippen LogP contribution in [0, 0.1) is 0 Å². The molecule has 87 heavy (non-hydrogen) atoms. The molecular weight excluding hydrogens is 1090 g/mol. The van der Waals surface area contributed by atoms with Crippen LogP contribution in [0.2, 0.25) is 0 Å². The number of carboxylic acids is 1. The van der Waals surface area contributed by atoms with E-state index in [1.54, 1.807) is 0 Å². The summed E-state index contributed by atoms with van der Waals surface area (Å²) in [7, 11) is 0. The van der Waals surface area contributed by atoms with E-state index < -0.39 is 67.3 Å². The van der Waals surface area contributed by atoms with Crippen molar-refractivity contribution in [3.8, 4) is 0 Å². The molecule has 12 heteroatoms. The zero-order valence-corrected chi connectivity index (χ0v) is 55.5. The van der Waals surface area contributed by atoms with Gasteiger partial charge in [-0.05, 0) is 96.3 Å². The predicted molar refractivity (Wildman–Crippen MR) is 358 cm³/mol. The molecule has 0 spiro atoms. The van der Waals surface area contributed by atoms with E-state index in [2.05, 4.69) is 106 Å². The summed E-state index contributed by atoms with van der Waals surface area (Å²) >= 11 is 0. The molecule has 500 valence electrons. The maximum Gasteiger partial charge on any atom is 0.335 e. The minimum Gasteiger partial charge on any atom is -0.479 e.